The summed E-state index contributed by atoms with van der Waals surface area (Å²) in [5, 5.41) is 10.6. The summed E-state index contributed by atoms with van der Waals surface area (Å²) in [5.74, 6) is -3.64. The van der Waals surface area contributed by atoms with E-state index in [9.17, 15) is 13.6 Å². The summed E-state index contributed by atoms with van der Waals surface area (Å²) < 4.78 is 29.5. The van der Waals surface area contributed by atoms with Crippen molar-refractivity contribution in [1.29, 1.82) is 0 Å². The predicted octanol–water partition coefficient (Wildman–Crippen LogP) is 5.09. The Hall–Kier alpha value is -2.87. The lowest BCUT2D eigenvalue weighted by atomic mass is 10.0. The number of hydrogen-bond donors (Lipinski definition) is 1. The first-order valence-corrected chi connectivity index (χ1v) is 10.6. The fraction of sp³-hybridized carbons (Fsp3) is 0.304. The van der Waals surface area contributed by atoms with Crippen LogP contribution in [0.3, 0.4) is 0 Å². The fourth-order valence-corrected chi connectivity index (χ4v) is 4.01. The molecule has 1 amide bonds. The van der Waals surface area contributed by atoms with Gasteiger partial charge < -0.3 is 5.32 Å². The third kappa shape index (κ3) is 5.44. The number of nitrogens with zero attached hydrogens (tertiary/aromatic N) is 3. The molecule has 0 aliphatic heterocycles. The van der Waals surface area contributed by atoms with E-state index < -0.39 is 18.4 Å². The van der Waals surface area contributed by atoms with Gasteiger partial charge >= 0.3 is 0 Å². The minimum absolute atomic E-state index is 0.0212. The normalized spacial score (nSPS) is 11.5. The number of halogens is 2. The molecule has 162 valence electrons. The maximum absolute atomic E-state index is 14.8. The number of carbonyl (C=O) groups excluding carboxylic acids is 1. The molecular weight excluding hydrogens is 418 g/mol. The molecule has 3 rings (SSSR count). The van der Waals surface area contributed by atoms with Crippen LogP contribution in [-0.2, 0) is 5.92 Å². The van der Waals surface area contributed by atoms with Crippen molar-refractivity contribution in [2.24, 2.45) is 0 Å². The van der Waals surface area contributed by atoms with E-state index in [1.165, 1.54) is 17.8 Å². The van der Waals surface area contributed by atoms with Gasteiger partial charge in [0, 0.05) is 10.5 Å². The third-order valence-corrected chi connectivity index (χ3v) is 5.87. The number of aryl methyl sites for hydroxylation is 5. The Morgan fingerprint density at radius 2 is 1.71 bits per heavy atom. The van der Waals surface area contributed by atoms with Gasteiger partial charge in [-0.2, -0.15) is 8.78 Å². The summed E-state index contributed by atoms with van der Waals surface area (Å²) >= 11 is 1.22. The Morgan fingerprint density at radius 3 is 2.39 bits per heavy atom. The van der Waals surface area contributed by atoms with Crippen LogP contribution in [0.4, 0.5) is 8.78 Å². The molecule has 0 spiro atoms. The summed E-state index contributed by atoms with van der Waals surface area (Å²) in [6.07, 6.45) is 0. The van der Waals surface area contributed by atoms with E-state index in [0.29, 0.717) is 5.56 Å². The van der Waals surface area contributed by atoms with Gasteiger partial charge in [0.25, 0.3) is 11.8 Å². The number of nitrogens with one attached hydrogen (secondary N) is 1. The Balaban J connectivity index is 1.81. The molecule has 5 nitrogen and oxygen atoms in total. The molecule has 0 saturated carbocycles. The maximum atomic E-state index is 14.8. The zero-order valence-corrected chi connectivity index (χ0v) is 18.9. The zero-order chi connectivity index (χ0) is 22.8. The second kappa shape index (κ2) is 9.09. The second-order valence-corrected chi connectivity index (χ2v) is 8.63. The highest BCUT2D eigenvalue weighted by Crippen LogP contribution is 2.31. The van der Waals surface area contributed by atoms with Crippen molar-refractivity contribution in [2.45, 2.75) is 50.5 Å². The largest absolute Gasteiger partial charge is 0.344 e. The molecule has 0 bridgehead atoms. The van der Waals surface area contributed by atoms with Crippen LogP contribution < -0.4 is 5.32 Å². The molecule has 2 aromatic carbocycles. The van der Waals surface area contributed by atoms with E-state index in [0.717, 1.165) is 21.6 Å². The molecule has 0 radical (unpaired) electrons. The SMILES string of the molecule is Cc1ccc(C(F)(F)CNC(=O)c2nc(C)nnc2Sc2ccc(C)c(C)c2)c(C)c1. The van der Waals surface area contributed by atoms with Gasteiger partial charge in [-0.3, -0.25) is 4.79 Å². The monoisotopic (exact) mass is 442 g/mol. The third-order valence-electron chi connectivity index (χ3n) is 4.92. The van der Waals surface area contributed by atoms with E-state index in [1.807, 2.05) is 39.0 Å². The molecule has 0 atom stereocenters. The molecular formula is C23H24F2N4OS. The Labute approximate surface area is 184 Å². The molecule has 1 aromatic heterocycles. The van der Waals surface area contributed by atoms with Crippen LogP contribution in [-0.4, -0.2) is 27.6 Å². The summed E-state index contributed by atoms with van der Waals surface area (Å²) in [5.41, 5.74) is 3.48. The topological polar surface area (TPSA) is 67.8 Å². The van der Waals surface area contributed by atoms with Crippen LogP contribution in [0.15, 0.2) is 46.3 Å². The van der Waals surface area contributed by atoms with Crippen molar-refractivity contribution in [2.75, 3.05) is 6.54 Å². The van der Waals surface area contributed by atoms with E-state index in [1.54, 1.807) is 26.0 Å². The van der Waals surface area contributed by atoms with Crippen molar-refractivity contribution in [3.63, 3.8) is 0 Å². The van der Waals surface area contributed by atoms with Crippen molar-refractivity contribution in [3.05, 3.63) is 75.7 Å². The van der Waals surface area contributed by atoms with Gasteiger partial charge in [0.1, 0.15) is 5.82 Å². The lowest BCUT2D eigenvalue weighted by molar-refractivity contribution is -0.00316. The average molecular weight is 443 g/mol. The van der Waals surface area contributed by atoms with Crippen LogP contribution in [0.5, 0.6) is 0 Å². The first-order chi connectivity index (χ1) is 14.6. The summed E-state index contributed by atoms with van der Waals surface area (Å²) in [7, 11) is 0. The zero-order valence-electron chi connectivity index (χ0n) is 18.1. The minimum Gasteiger partial charge on any atom is -0.344 e. The molecule has 8 heteroatoms. The predicted molar refractivity (Wildman–Crippen MR) is 117 cm³/mol. The minimum atomic E-state index is -3.22. The smallest absolute Gasteiger partial charge is 0.290 e. The summed E-state index contributed by atoms with van der Waals surface area (Å²) in [6, 6.07) is 10.6. The Morgan fingerprint density at radius 1 is 0.968 bits per heavy atom. The van der Waals surface area contributed by atoms with E-state index in [-0.39, 0.29) is 22.1 Å². The second-order valence-electron chi connectivity index (χ2n) is 7.57. The highest BCUT2D eigenvalue weighted by molar-refractivity contribution is 7.99. The number of carbonyl (C=O) groups is 1. The first-order valence-electron chi connectivity index (χ1n) is 9.77. The van der Waals surface area contributed by atoms with Crippen LogP contribution in [0, 0.1) is 34.6 Å². The summed E-state index contributed by atoms with van der Waals surface area (Å²) in [4.78, 5) is 17.8. The molecule has 0 fully saturated rings. The average Bonchev–Trinajstić information content (AvgIpc) is 2.70. The number of benzene rings is 2. The highest BCUT2D eigenvalue weighted by atomic mass is 32.2. The van der Waals surface area contributed by atoms with Crippen molar-refractivity contribution in [1.82, 2.24) is 20.5 Å². The van der Waals surface area contributed by atoms with Gasteiger partial charge in [-0.05, 0) is 63.4 Å². The van der Waals surface area contributed by atoms with Gasteiger partial charge in [0.2, 0.25) is 0 Å². The molecule has 3 aromatic rings. The lowest BCUT2D eigenvalue weighted by Crippen LogP contribution is -2.36. The highest BCUT2D eigenvalue weighted by Gasteiger charge is 2.34. The number of hydrogen-bond acceptors (Lipinski definition) is 5. The molecule has 0 aliphatic rings. The molecule has 0 aliphatic carbocycles. The van der Waals surface area contributed by atoms with Gasteiger partial charge in [-0.15, -0.1) is 10.2 Å². The Bertz CT molecular complexity index is 1130. The van der Waals surface area contributed by atoms with Crippen molar-refractivity contribution >= 4 is 17.7 Å². The van der Waals surface area contributed by atoms with Gasteiger partial charge in [-0.25, -0.2) is 4.98 Å². The van der Waals surface area contributed by atoms with E-state index in [2.05, 4.69) is 20.5 Å². The molecule has 0 saturated heterocycles. The van der Waals surface area contributed by atoms with Gasteiger partial charge in [0.15, 0.2) is 10.7 Å². The molecule has 1 N–H and O–H groups in total. The quantitative estimate of drug-likeness (QED) is 0.576. The van der Waals surface area contributed by atoms with Gasteiger partial charge in [0.05, 0.1) is 6.54 Å². The number of alkyl halides is 2. The Kier molecular flexibility index (Phi) is 6.69. The number of rotatable bonds is 6. The van der Waals surface area contributed by atoms with Crippen molar-refractivity contribution < 1.29 is 13.6 Å². The molecule has 0 unspecified atom stereocenters. The van der Waals surface area contributed by atoms with Crippen LogP contribution in [0.25, 0.3) is 0 Å². The van der Waals surface area contributed by atoms with Crippen LogP contribution in [0.1, 0.15) is 44.1 Å². The van der Waals surface area contributed by atoms with Gasteiger partial charge in [-0.1, -0.05) is 41.6 Å². The van der Waals surface area contributed by atoms with Crippen molar-refractivity contribution in [3.8, 4) is 0 Å². The molecule has 31 heavy (non-hydrogen) atoms. The fourth-order valence-electron chi connectivity index (χ4n) is 3.10. The maximum Gasteiger partial charge on any atom is 0.290 e. The number of amides is 1. The standard InChI is InChI=1S/C23H24F2N4OS/c1-13-6-9-19(16(4)10-13)23(24,25)12-26-21(30)20-22(29-28-17(5)27-20)31-18-8-7-14(2)15(3)11-18/h6-11H,12H2,1-5H3,(H,26,30). The van der Waals surface area contributed by atoms with E-state index in [4.69, 9.17) is 0 Å². The summed E-state index contributed by atoms with van der Waals surface area (Å²) in [6.45, 7) is 8.22. The van der Waals surface area contributed by atoms with Crippen LogP contribution >= 0.6 is 11.8 Å². The first kappa shape index (κ1) is 22.8. The van der Waals surface area contributed by atoms with E-state index >= 15 is 0 Å². The number of aromatic nitrogens is 3. The lowest BCUT2D eigenvalue weighted by Gasteiger charge is -2.20. The van der Waals surface area contributed by atoms with Crippen LogP contribution in [0.2, 0.25) is 0 Å². The molecule has 1 heterocycles.